The van der Waals surface area contributed by atoms with Crippen LogP contribution in [-0.4, -0.2) is 79.8 Å². The first-order chi connectivity index (χ1) is 19.9. The van der Waals surface area contributed by atoms with Crippen LogP contribution in [0.4, 0.5) is 8.78 Å². The fourth-order valence-corrected chi connectivity index (χ4v) is 8.02. The summed E-state index contributed by atoms with van der Waals surface area (Å²) in [5.41, 5.74) is -2.09. The average molecular weight is 601 g/mol. The SMILES string of the molecule is COc1cc2c(c(OC)n1)[C@]1(O)[C@H](O)[C@H](CN3CC(C(F)F)C3)[C@@H](c3ccccc3)[C@]1(c1ccc(P(C)(C)=O)cc1)O2. The van der Waals surface area contributed by atoms with Crippen molar-refractivity contribution in [1.29, 1.82) is 0 Å². The van der Waals surface area contributed by atoms with E-state index in [1.165, 1.54) is 14.2 Å². The second-order valence-corrected chi connectivity index (χ2v) is 15.1. The Balaban J connectivity index is 1.58. The summed E-state index contributed by atoms with van der Waals surface area (Å²) in [7, 11) is 0.279. The molecule has 6 rings (SSSR count). The maximum Gasteiger partial charge on any atom is 0.243 e. The van der Waals surface area contributed by atoms with Gasteiger partial charge in [0.1, 0.15) is 12.9 Å². The summed E-state index contributed by atoms with van der Waals surface area (Å²) in [6.45, 7) is 4.02. The van der Waals surface area contributed by atoms with Gasteiger partial charge in [-0.15, -0.1) is 0 Å². The first-order valence-electron chi connectivity index (χ1n) is 13.9. The van der Waals surface area contributed by atoms with Crippen molar-refractivity contribution in [1.82, 2.24) is 9.88 Å². The Bertz CT molecular complexity index is 1510. The molecule has 0 bridgehead atoms. The third-order valence-corrected chi connectivity index (χ3v) is 10.7. The molecule has 5 atom stereocenters. The highest BCUT2D eigenvalue weighted by Crippen LogP contribution is 2.70. The number of hydrogen-bond donors (Lipinski definition) is 2. The molecular formula is C31H35F2N2O6P. The fraction of sp³-hybridized carbons (Fsp3) is 0.452. The van der Waals surface area contributed by atoms with Crippen LogP contribution in [-0.2, 0) is 15.8 Å². The molecule has 0 unspecified atom stereocenters. The van der Waals surface area contributed by atoms with Crippen molar-refractivity contribution in [2.45, 2.75) is 29.6 Å². The van der Waals surface area contributed by atoms with E-state index in [1.807, 2.05) is 35.2 Å². The van der Waals surface area contributed by atoms with Gasteiger partial charge < -0.3 is 33.9 Å². The number of rotatable bonds is 8. The maximum absolute atomic E-state index is 13.4. The zero-order valence-corrected chi connectivity index (χ0v) is 24.8. The fourth-order valence-electron chi connectivity index (χ4n) is 7.15. The van der Waals surface area contributed by atoms with Crippen LogP contribution in [0.5, 0.6) is 17.5 Å². The van der Waals surface area contributed by atoms with Crippen molar-refractivity contribution in [3.8, 4) is 17.5 Å². The average Bonchev–Trinajstić information content (AvgIpc) is 3.32. The van der Waals surface area contributed by atoms with Crippen LogP contribution in [0.1, 0.15) is 22.6 Å². The molecule has 8 nitrogen and oxygen atoms in total. The number of benzene rings is 2. The van der Waals surface area contributed by atoms with Crippen molar-refractivity contribution in [3.05, 3.63) is 77.4 Å². The number of halogens is 2. The molecule has 1 saturated heterocycles. The Kier molecular flexibility index (Phi) is 7.12. The number of nitrogens with zero attached hydrogens (tertiary/aromatic N) is 2. The van der Waals surface area contributed by atoms with Crippen molar-refractivity contribution in [3.63, 3.8) is 0 Å². The first-order valence-corrected chi connectivity index (χ1v) is 16.5. The van der Waals surface area contributed by atoms with E-state index in [-0.39, 0.29) is 42.7 Å². The number of ether oxygens (including phenoxy) is 3. The molecule has 224 valence electrons. The number of methoxy groups -OCH3 is 2. The van der Waals surface area contributed by atoms with E-state index >= 15 is 0 Å². The lowest BCUT2D eigenvalue weighted by atomic mass is 9.70. The number of fused-ring (bicyclic) bond motifs is 3. The second kappa shape index (κ2) is 10.3. The minimum absolute atomic E-state index is 0.0465. The molecule has 3 heterocycles. The number of aliphatic hydroxyl groups excluding tert-OH is 1. The third kappa shape index (κ3) is 4.18. The zero-order valence-electron chi connectivity index (χ0n) is 23.9. The van der Waals surface area contributed by atoms with E-state index in [4.69, 9.17) is 14.2 Å². The van der Waals surface area contributed by atoms with Gasteiger partial charge in [0.05, 0.1) is 25.9 Å². The van der Waals surface area contributed by atoms with Gasteiger partial charge in [0.2, 0.25) is 18.2 Å². The standard InChI is InChI=1S/C31H35F2N2O6P/c1-39-24-14-23-26(29(34-24)40-2)30(37)27(36)22(17-35-15-19(16-35)28(32)33)25(18-8-6-5-7-9-18)31(30,41-23)20-10-12-21(13-11-20)42(3,4)38/h5-14,19,22,25,27-28,36-37H,15-17H2,1-4H3/t22-,25-,27-,30+,31+/m1/s1. The van der Waals surface area contributed by atoms with Gasteiger partial charge >= 0.3 is 0 Å². The van der Waals surface area contributed by atoms with Crippen LogP contribution in [0.3, 0.4) is 0 Å². The quantitative estimate of drug-likeness (QED) is 0.377. The van der Waals surface area contributed by atoms with Gasteiger partial charge in [-0.25, -0.2) is 8.78 Å². The van der Waals surface area contributed by atoms with Gasteiger partial charge in [0, 0.05) is 48.8 Å². The number of aliphatic hydroxyl groups is 2. The van der Waals surface area contributed by atoms with Crippen LogP contribution in [0.2, 0.25) is 0 Å². The molecule has 1 aromatic heterocycles. The Labute approximate surface area is 243 Å². The van der Waals surface area contributed by atoms with Crippen molar-refractivity contribution < 1.29 is 37.8 Å². The van der Waals surface area contributed by atoms with Crippen LogP contribution in [0, 0.1) is 11.8 Å². The molecule has 2 aromatic carbocycles. The molecule has 0 spiro atoms. The largest absolute Gasteiger partial charge is 0.481 e. The van der Waals surface area contributed by atoms with E-state index in [9.17, 15) is 23.6 Å². The highest BCUT2D eigenvalue weighted by atomic mass is 31.2. The van der Waals surface area contributed by atoms with E-state index in [0.29, 0.717) is 10.9 Å². The lowest BCUT2D eigenvalue weighted by Crippen LogP contribution is -2.53. The number of aromatic nitrogens is 1. The summed E-state index contributed by atoms with van der Waals surface area (Å²) in [6.07, 6.45) is -3.82. The summed E-state index contributed by atoms with van der Waals surface area (Å²) in [5.74, 6) is -1.48. The molecule has 0 amide bonds. The van der Waals surface area contributed by atoms with Crippen LogP contribution in [0.25, 0.3) is 0 Å². The van der Waals surface area contributed by atoms with Crippen molar-refractivity contribution in [2.24, 2.45) is 11.8 Å². The van der Waals surface area contributed by atoms with Gasteiger partial charge in [-0.2, -0.15) is 4.98 Å². The Morgan fingerprint density at radius 3 is 2.33 bits per heavy atom. The maximum atomic E-state index is 13.4. The van der Waals surface area contributed by atoms with Crippen LogP contribution in [0.15, 0.2) is 60.7 Å². The smallest absolute Gasteiger partial charge is 0.243 e. The molecule has 0 radical (unpaired) electrons. The van der Waals surface area contributed by atoms with Gasteiger partial charge in [-0.3, -0.25) is 0 Å². The third-order valence-electron chi connectivity index (χ3n) is 9.13. The van der Waals surface area contributed by atoms with Crippen LogP contribution < -0.4 is 19.5 Å². The minimum atomic E-state index is -2.59. The number of alkyl halides is 2. The van der Waals surface area contributed by atoms with Crippen molar-refractivity contribution in [2.75, 3.05) is 47.2 Å². The van der Waals surface area contributed by atoms with Gasteiger partial charge in [0.15, 0.2) is 11.2 Å². The highest BCUT2D eigenvalue weighted by molar-refractivity contribution is 7.70. The molecule has 1 saturated carbocycles. The molecule has 42 heavy (non-hydrogen) atoms. The Hall–Kier alpha value is -3.04. The molecule has 2 N–H and O–H groups in total. The molecule has 11 heteroatoms. The minimum Gasteiger partial charge on any atom is -0.481 e. The normalized spacial score (nSPS) is 29.1. The van der Waals surface area contributed by atoms with Gasteiger partial charge in [-0.1, -0.05) is 54.6 Å². The van der Waals surface area contributed by atoms with E-state index in [0.717, 1.165) is 5.56 Å². The monoisotopic (exact) mass is 600 g/mol. The van der Waals surface area contributed by atoms with Crippen molar-refractivity contribution >= 4 is 12.4 Å². The molecule has 2 fully saturated rings. The Morgan fingerprint density at radius 2 is 1.76 bits per heavy atom. The lowest BCUT2D eigenvalue weighted by Gasteiger charge is -2.43. The van der Waals surface area contributed by atoms with Gasteiger partial charge in [0.25, 0.3) is 0 Å². The zero-order chi connectivity index (χ0) is 30.0. The molecule has 2 aliphatic heterocycles. The summed E-state index contributed by atoms with van der Waals surface area (Å²) in [5, 5.41) is 25.9. The van der Waals surface area contributed by atoms with Gasteiger partial charge in [-0.05, 0) is 24.5 Å². The molecule has 3 aromatic rings. The number of likely N-dealkylation sites (tertiary alicyclic amines) is 1. The predicted octanol–water partition coefficient (Wildman–Crippen LogP) is 3.79. The van der Waals surface area contributed by atoms with E-state index < -0.39 is 48.6 Å². The summed E-state index contributed by atoms with van der Waals surface area (Å²) in [6, 6.07) is 18.1. The summed E-state index contributed by atoms with van der Waals surface area (Å²) in [4.78, 5) is 6.29. The van der Waals surface area contributed by atoms with Crippen LogP contribution >= 0.6 is 7.14 Å². The number of pyridine rings is 1. The topological polar surface area (TPSA) is 101 Å². The first kappa shape index (κ1) is 29.1. The molecule has 3 aliphatic rings. The second-order valence-electron chi connectivity index (χ2n) is 11.9. The predicted molar refractivity (Wildman–Crippen MR) is 154 cm³/mol. The molecular weight excluding hydrogens is 565 g/mol. The Morgan fingerprint density at radius 1 is 1.10 bits per heavy atom. The van der Waals surface area contributed by atoms with E-state index in [2.05, 4.69) is 4.98 Å². The lowest BCUT2D eigenvalue weighted by molar-refractivity contribution is -0.153. The summed E-state index contributed by atoms with van der Waals surface area (Å²) < 4.78 is 57.5. The highest BCUT2D eigenvalue weighted by Gasteiger charge is 2.77. The summed E-state index contributed by atoms with van der Waals surface area (Å²) >= 11 is 0. The number of hydrogen-bond acceptors (Lipinski definition) is 8. The van der Waals surface area contributed by atoms with E-state index in [1.54, 1.807) is 43.7 Å². The molecule has 1 aliphatic carbocycles.